The lowest BCUT2D eigenvalue weighted by Gasteiger charge is -2.16. The molecule has 4 aromatic rings. The summed E-state index contributed by atoms with van der Waals surface area (Å²) in [6.07, 6.45) is 7.57. The van der Waals surface area contributed by atoms with E-state index in [0.717, 1.165) is 46.1 Å². The molecule has 4 N–H and O–H groups in total. The maximum Gasteiger partial charge on any atom is 0.290 e. The molecule has 0 amide bonds. The highest BCUT2D eigenvalue weighted by Gasteiger charge is 2.13. The van der Waals surface area contributed by atoms with Gasteiger partial charge in [0.2, 0.25) is 0 Å². The third-order valence-electron chi connectivity index (χ3n) is 7.50. The lowest BCUT2D eigenvalue weighted by atomic mass is 9.96. The number of aldehydes is 1. The Hall–Kier alpha value is -4.99. The van der Waals surface area contributed by atoms with Gasteiger partial charge in [0.25, 0.3) is 6.47 Å². The van der Waals surface area contributed by atoms with Crippen LogP contribution in [0.1, 0.15) is 54.0 Å². The van der Waals surface area contributed by atoms with Crippen LogP contribution in [0.5, 0.6) is 17.2 Å². The van der Waals surface area contributed by atoms with Gasteiger partial charge in [-0.25, -0.2) is 0 Å². The number of aliphatic hydroxyl groups is 1. The molecule has 12 heteroatoms. The van der Waals surface area contributed by atoms with Gasteiger partial charge >= 0.3 is 0 Å². The van der Waals surface area contributed by atoms with Gasteiger partial charge in [0.15, 0.2) is 6.29 Å². The molecule has 0 aliphatic carbocycles. The second kappa shape index (κ2) is 24.2. The average molecular weight is 719 g/mol. The highest BCUT2D eigenvalue weighted by atomic mass is 35.5. The summed E-state index contributed by atoms with van der Waals surface area (Å²) in [6, 6.07) is 20.9. The number of carbonyl (C=O) groups is 2. The molecule has 0 saturated carbocycles. The van der Waals surface area contributed by atoms with Crippen LogP contribution in [0.3, 0.4) is 0 Å². The Morgan fingerprint density at radius 1 is 0.980 bits per heavy atom. The molecule has 1 aliphatic rings. The molecule has 2 heterocycles. The molecule has 11 nitrogen and oxygen atoms in total. The van der Waals surface area contributed by atoms with Crippen LogP contribution in [0.25, 0.3) is 11.1 Å². The maximum atomic E-state index is 10.7. The van der Waals surface area contributed by atoms with E-state index in [1.165, 1.54) is 32.1 Å². The number of halogens is 1. The van der Waals surface area contributed by atoms with Gasteiger partial charge in [0.1, 0.15) is 43.1 Å². The van der Waals surface area contributed by atoms with Crippen molar-refractivity contribution < 1.29 is 34.0 Å². The second-order valence-corrected chi connectivity index (χ2v) is 11.7. The number of nitriles is 1. The van der Waals surface area contributed by atoms with E-state index in [2.05, 4.69) is 23.0 Å². The maximum absolute atomic E-state index is 10.7. The molecule has 0 spiro atoms. The Balaban J connectivity index is 0.000000588. The van der Waals surface area contributed by atoms with Crippen molar-refractivity contribution >= 4 is 24.4 Å². The van der Waals surface area contributed by atoms with E-state index >= 15 is 0 Å². The Kier molecular flexibility index (Phi) is 20.0. The summed E-state index contributed by atoms with van der Waals surface area (Å²) in [6.45, 7) is 7.42. The lowest BCUT2D eigenvalue weighted by molar-refractivity contribution is -0.122. The Morgan fingerprint density at radius 3 is 2.27 bits per heavy atom. The molecule has 272 valence electrons. The number of nitrogens with two attached hydrogens (primary N) is 1. The fraction of sp³-hybridized carbons (Fsp3) is 0.333. The number of hydrogen-bond donors (Lipinski definition) is 3. The van der Waals surface area contributed by atoms with E-state index in [-0.39, 0.29) is 32.8 Å². The van der Waals surface area contributed by atoms with Crippen molar-refractivity contribution in [2.75, 3.05) is 33.4 Å². The normalized spacial score (nSPS) is 11.6. The van der Waals surface area contributed by atoms with Gasteiger partial charge in [0, 0.05) is 42.7 Å². The minimum absolute atomic E-state index is 0.00880. The minimum atomic E-state index is -0.250. The molecular formula is C39H47ClN4O7. The van der Waals surface area contributed by atoms with E-state index < -0.39 is 0 Å². The summed E-state index contributed by atoms with van der Waals surface area (Å²) in [7, 11) is 2.17. The number of likely N-dealkylation sites (tertiary alicyclic amines) is 1. The monoisotopic (exact) mass is 718 g/mol. The fourth-order valence-electron chi connectivity index (χ4n) is 4.84. The zero-order valence-corrected chi connectivity index (χ0v) is 30.1. The van der Waals surface area contributed by atoms with Crippen molar-refractivity contribution in [3.05, 3.63) is 106 Å². The summed E-state index contributed by atoms with van der Waals surface area (Å²) < 4.78 is 17.6. The summed E-state index contributed by atoms with van der Waals surface area (Å²) in [5.74, 6) is 1.65. The van der Waals surface area contributed by atoms with E-state index in [1.807, 2.05) is 56.3 Å². The van der Waals surface area contributed by atoms with Crippen molar-refractivity contribution in [2.45, 2.75) is 52.9 Å². The third-order valence-corrected chi connectivity index (χ3v) is 7.79. The molecule has 51 heavy (non-hydrogen) atoms. The van der Waals surface area contributed by atoms with Crippen molar-refractivity contribution in [3.63, 3.8) is 0 Å². The summed E-state index contributed by atoms with van der Waals surface area (Å²) in [4.78, 5) is 25.4. The number of nitrogens with zero attached hydrogens (tertiary/aromatic N) is 3. The quantitative estimate of drug-likeness (QED) is 0.135. The van der Waals surface area contributed by atoms with Crippen LogP contribution < -0.4 is 19.9 Å². The number of aliphatic hydroxyl groups excluding tert-OH is 1. The third kappa shape index (κ3) is 14.8. The number of ether oxygens (including phenoxy) is 3. The highest BCUT2D eigenvalue weighted by Crippen LogP contribution is 2.35. The number of pyridine rings is 1. The first-order valence-corrected chi connectivity index (χ1v) is 16.9. The van der Waals surface area contributed by atoms with Crippen molar-refractivity contribution in [1.82, 2.24) is 9.88 Å². The van der Waals surface area contributed by atoms with Crippen LogP contribution in [0.15, 0.2) is 73.1 Å². The lowest BCUT2D eigenvalue weighted by Crippen LogP contribution is -2.10. The molecule has 3 aromatic carbocycles. The zero-order chi connectivity index (χ0) is 37.4. The van der Waals surface area contributed by atoms with E-state index in [0.29, 0.717) is 34.4 Å². The van der Waals surface area contributed by atoms with Crippen LogP contribution in [-0.4, -0.2) is 66.2 Å². The first-order chi connectivity index (χ1) is 24.7. The number of hydrogen-bond acceptors (Lipinski definition) is 10. The fourth-order valence-corrected chi connectivity index (χ4v) is 5.08. The number of carboxylic acid groups (broad SMARTS) is 1. The average Bonchev–Trinajstić information content (AvgIpc) is 3.64. The van der Waals surface area contributed by atoms with Crippen LogP contribution >= 0.6 is 11.6 Å². The topological polar surface area (TPSA) is 168 Å². The first-order valence-electron chi connectivity index (χ1n) is 16.5. The van der Waals surface area contributed by atoms with E-state index in [4.69, 9.17) is 51.8 Å². The van der Waals surface area contributed by atoms with E-state index in [1.54, 1.807) is 24.4 Å². The molecule has 0 atom stereocenters. The van der Waals surface area contributed by atoms with Crippen LogP contribution in [-0.2, 0) is 29.3 Å². The van der Waals surface area contributed by atoms with Crippen LogP contribution in [0, 0.1) is 18.3 Å². The summed E-state index contributed by atoms with van der Waals surface area (Å²) >= 11 is 6.51. The SMILES string of the molecule is CCCO.CN1CCCC1.Cc1c(COc2cc(OCc3cncc(C#N)c3)c(CN)cc2Cl)cccc1-c1cccc(OCC=O)c1.O=CO. The van der Waals surface area contributed by atoms with Crippen molar-refractivity contribution in [3.8, 4) is 34.4 Å². The Bertz CT molecular complexity index is 1690. The number of carbonyl (C=O) groups excluding carboxylic acids is 1. The smallest absolute Gasteiger partial charge is 0.290 e. The summed E-state index contributed by atoms with van der Waals surface area (Å²) in [5, 5.41) is 24.3. The molecule has 0 radical (unpaired) electrons. The number of aromatic nitrogens is 1. The van der Waals surface area contributed by atoms with Crippen molar-refractivity contribution in [2.24, 2.45) is 5.73 Å². The molecule has 1 saturated heterocycles. The standard InChI is InChI=1S/C30H26ClN3O4.C5H11N.C3H8O.CH2O2/c1-20-24(5-3-7-27(20)23-4-2-6-26(11-23)36-9-8-35)19-38-30-13-29(25(15-33)12-28(30)31)37-18-22-10-21(14-32)16-34-17-22;1-6-4-2-3-5-6;1-2-3-4;2-1-3/h2-8,10-13,16-17H,9,15,18-19,33H2,1H3;2-5H2,1H3;4H,2-3H2,1H3;1H,(H,2,3). The van der Waals surface area contributed by atoms with Gasteiger partial charge in [-0.05, 0) is 92.8 Å². The second-order valence-electron chi connectivity index (χ2n) is 11.3. The number of rotatable bonds is 12. The van der Waals surface area contributed by atoms with Crippen molar-refractivity contribution in [1.29, 1.82) is 5.26 Å². The largest absolute Gasteiger partial charge is 0.488 e. The Labute approximate surface area is 305 Å². The minimum Gasteiger partial charge on any atom is -0.488 e. The molecule has 0 unspecified atom stereocenters. The predicted molar refractivity (Wildman–Crippen MR) is 198 cm³/mol. The number of benzene rings is 3. The zero-order valence-electron chi connectivity index (χ0n) is 29.4. The van der Waals surface area contributed by atoms with Gasteiger partial charge in [0.05, 0.1) is 10.6 Å². The molecule has 1 aliphatic heterocycles. The van der Waals surface area contributed by atoms with Gasteiger partial charge in [-0.3, -0.25) is 14.6 Å². The highest BCUT2D eigenvalue weighted by molar-refractivity contribution is 6.32. The molecule has 0 bridgehead atoms. The predicted octanol–water partition coefficient (Wildman–Crippen LogP) is 6.58. The van der Waals surface area contributed by atoms with Gasteiger partial charge in [-0.15, -0.1) is 0 Å². The molecule has 1 fully saturated rings. The van der Waals surface area contributed by atoms with E-state index in [9.17, 15) is 4.79 Å². The van der Waals surface area contributed by atoms with Crippen LogP contribution in [0.2, 0.25) is 5.02 Å². The molecule has 1 aromatic heterocycles. The van der Waals surface area contributed by atoms with Gasteiger partial charge in [-0.2, -0.15) is 5.26 Å². The molecule has 5 rings (SSSR count). The molecular weight excluding hydrogens is 672 g/mol. The Morgan fingerprint density at radius 2 is 1.67 bits per heavy atom. The first kappa shape index (κ1) is 42.2. The van der Waals surface area contributed by atoms with Gasteiger partial charge in [-0.1, -0.05) is 48.9 Å². The van der Waals surface area contributed by atoms with Crippen LogP contribution in [0.4, 0.5) is 0 Å². The summed E-state index contributed by atoms with van der Waals surface area (Å²) in [5.41, 5.74) is 11.9. The van der Waals surface area contributed by atoms with Gasteiger partial charge < -0.3 is 35.1 Å².